The average Bonchev–Trinajstić information content (AvgIpc) is 2.33. The lowest BCUT2D eigenvalue weighted by Crippen LogP contribution is -2.35. The van der Waals surface area contributed by atoms with Crippen molar-refractivity contribution < 1.29 is 9.84 Å². The van der Waals surface area contributed by atoms with Gasteiger partial charge in [-0.3, -0.25) is 0 Å². The molecule has 3 nitrogen and oxygen atoms in total. The lowest BCUT2D eigenvalue weighted by Gasteiger charge is -2.28. The summed E-state index contributed by atoms with van der Waals surface area (Å²) in [6.45, 7) is 4.04. The summed E-state index contributed by atoms with van der Waals surface area (Å²) in [6.07, 6.45) is 0.709. The summed E-state index contributed by atoms with van der Waals surface area (Å²) >= 11 is 9.31. The molecule has 0 aromatic heterocycles. The highest BCUT2D eigenvalue weighted by atomic mass is 79.9. The molecule has 0 saturated carbocycles. The fourth-order valence-corrected chi connectivity index (χ4v) is 2.16. The van der Waals surface area contributed by atoms with Crippen molar-refractivity contribution in [1.29, 1.82) is 0 Å². The fourth-order valence-electron chi connectivity index (χ4n) is 1.66. The van der Waals surface area contributed by atoms with Crippen LogP contribution in [-0.4, -0.2) is 30.5 Å². The van der Waals surface area contributed by atoms with Crippen molar-refractivity contribution in [3.8, 4) is 0 Å². The van der Waals surface area contributed by atoms with Gasteiger partial charge in [0.25, 0.3) is 0 Å². The van der Waals surface area contributed by atoms with E-state index in [1.807, 2.05) is 32.0 Å². The molecule has 1 aromatic rings. The average molecular weight is 337 g/mol. The minimum Gasteiger partial charge on any atom is -0.394 e. The largest absolute Gasteiger partial charge is 0.394 e. The van der Waals surface area contributed by atoms with Gasteiger partial charge in [0.1, 0.15) is 0 Å². The van der Waals surface area contributed by atoms with E-state index in [1.165, 1.54) is 0 Å². The van der Waals surface area contributed by atoms with Crippen LogP contribution in [0.2, 0.25) is 5.02 Å². The Balaban J connectivity index is 2.71. The third-order valence-electron chi connectivity index (χ3n) is 2.80. The van der Waals surface area contributed by atoms with Crippen LogP contribution < -0.4 is 5.32 Å². The van der Waals surface area contributed by atoms with Gasteiger partial charge in [0.2, 0.25) is 0 Å². The maximum atomic E-state index is 9.41. The first-order chi connectivity index (χ1) is 8.38. The van der Waals surface area contributed by atoms with Crippen molar-refractivity contribution in [2.24, 2.45) is 0 Å². The third kappa shape index (κ3) is 4.76. The monoisotopic (exact) mass is 335 g/mol. The second-order valence-electron chi connectivity index (χ2n) is 4.82. The first-order valence-electron chi connectivity index (χ1n) is 5.75. The summed E-state index contributed by atoms with van der Waals surface area (Å²) in [6, 6.07) is 5.53. The molecule has 0 heterocycles. The van der Waals surface area contributed by atoms with E-state index in [1.54, 1.807) is 7.11 Å². The standard InChI is InChI=1S/C13H19BrClNO2/c1-13(2,18-3)7-10(8-17)16-9-4-5-12(15)11(14)6-9/h4-6,10,16-17H,7-8H2,1-3H3. The van der Waals surface area contributed by atoms with Crippen LogP contribution in [0.3, 0.4) is 0 Å². The van der Waals surface area contributed by atoms with Gasteiger partial charge in [-0.25, -0.2) is 0 Å². The van der Waals surface area contributed by atoms with Gasteiger partial charge in [0, 0.05) is 17.3 Å². The molecular formula is C13H19BrClNO2. The molecule has 0 amide bonds. The quantitative estimate of drug-likeness (QED) is 0.832. The molecule has 1 unspecified atom stereocenters. The second-order valence-corrected chi connectivity index (χ2v) is 6.08. The Morgan fingerprint density at radius 1 is 1.50 bits per heavy atom. The smallest absolute Gasteiger partial charge is 0.0643 e. The van der Waals surface area contributed by atoms with E-state index in [0.717, 1.165) is 10.2 Å². The molecule has 0 fully saturated rings. The van der Waals surface area contributed by atoms with E-state index in [9.17, 15) is 5.11 Å². The van der Waals surface area contributed by atoms with Crippen LogP contribution in [0.5, 0.6) is 0 Å². The molecule has 0 aliphatic carbocycles. The van der Waals surface area contributed by atoms with Crippen molar-refractivity contribution in [2.75, 3.05) is 19.0 Å². The number of methoxy groups -OCH3 is 1. The zero-order chi connectivity index (χ0) is 13.8. The van der Waals surface area contributed by atoms with Crippen LogP contribution in [0.1, 0.15) is 20.3 Å². The van der Waals surface area contributed by atoms with E-state index < -0.39 is 0 Å². The highest BCUT2D eigenvalue weighted by Crippen LogP contribution is 2.26. The Kier molecular flexibility index (Phi) is 5.92. The van der Waals surface area contributed by atoms with Crippen LogP contribution in [0.15, 0.2) is 22.7 Å². The second kappa shape index (κ2) is 6.75. The van der Waals surface area contributed by atoms with Crippen LogP contribution >= 0.6 is 27.5 Å². The fraction of sp³-hybridized carbons (Fsp3) is 0.538. The first-order valence-corrected chi connectivity index (χ1v) is 6.92. The van der Waals surface area contributed by atoms with Crippen LogP contribution in [0.25, 0.3) is 0 Å². The molecule has 0 bridgehead atoms. The minimum absolute atomic E-state index is 0.0486. The van der Waals surface area contributed by atoms with Gasteiger partial charge < -0.3 is 15.2 Å². The number of aliphatic hydroxyl groups excluding tert-OH is 1. The van der Waals surface area contributed by atoms with Crippen molar-refractivity contribution in [3.63, 3.8) is 0 Å². The molecular weight excluding hydrogens is 318 g/mol. The molecule has 0 radical (unpaired) electrons. The van der Waals surface area contributed by atoms with Gasteiger partial charge in [-0.1, -0.05) is 11.6 Å². The number of halogens is 2. The molecule has 0 aliphatic heterocycles. The number of anilines is 1. The van der Waals surface area contributed by atoms with Gasteiger partial charge in [-0.15, -0.1) is 0 Å². The lowest BCUT2D eigenvalue weighted by atomic mass is 9.99. The Morgan fingerprint density at radius 2 is 2.17 bits per heavy atom. The number of rotatable bonds is 6. The number of hydrogen-bond acceptors (Lipinski definition) is 3. The zero-order valence-corrected chi connectivity index (χ0v) is 13.2. The maximum absolute atomic E-state index is 9.41. The molecule has 102 valence electrons. The van der Waals surface area contributed by atoms with E-state index in [-0.39, 0.29) is 18.2 Å². The van der Waals surface area contributed by atoms with Gasteiger partial charge in [-0.05, 0) is 54.4 Å². The number of nitrogens with one attached hydrogen (secondary N) is 1. The molecule has 1 aromatic carbocycles. The van der Waals surface area contributed by atoms with Gasteiger partial charge >= 0.3 is 0 Å². The molecule has 1 atom stereocenters. The topological polar surface area (TPSA) is 41.5 Å². The van der Waals surface area contributed by atoms with E-state index in [0.29, 0.717) is 11.4 Å². The Hall–Kier alpha value is -0.290. The van der Waals surface area contributed by atoms with Gasteiger partial charge in [0.15, 0.2) is 0 Å². The highest BCUT2D eigenvalue weighted by Gasteiger charge is 2.22. The van der Waals surface area contributed by atoms with Crippen molar-refractivity contribution in [2.45, 2.75) is 31.9 Å². The molecule has 5 heteroatoms. The number of aliphatic hydroxyl groups is 1. The van der Waals surface area contributed by atoms with Crippen LogP contribution in [0.4, 0.5) is 5.69 Å². The first kappa shape index (κ1) is 15.8. The SMILES string of the molecule is COC(C)(C)CC(CO)Nc1ccc(Cl)c(Br)c1. The Labute approximate surface area is 122 Å². The van der Waals surface area contributed by atoms with Gasteiger partial charge in [-0.2, -0.15) is 0 Å². The Morgan fingerprint density at radius 3 is 2.67 bits per heavy atom. The van der Waals surface area contributed by atoms with E-state index in [2.05, 4.69) is 21.2 Å². The number of benzene rings is 1. The summed E-state index contributed by atoms with van der Waals surface area (Å²) in [5.74, 6) is 0. The summed E-state index contributed by atoms with van der Waals surface area (Å²) < 4.78 is 6.20. The van der Waals surface area contributed by atoms with E-state index >= 15 is 0 Å². The molecule has 2 N–H and O–H groups in total. The zero-order valence-electron chi connectivity index (χ0n) is 10.8. The maximum Gasteiger partial charge on any atom is 0.0643 e. The normalized spacial score (nSPS) is 13.4. The van der Waals surface area contributed by atoms with Crippen molar-refractivity contribution in [3.05, 3.63) is 27.7 Å². The molecule has 1 rings (SSSR count). The summed E-state index contributed by atoms with van der Waals surface area (Å²) in [7, 11) is 1.67. The lowest BCUT2D eigenvalue weighted by molar-refractivity contribution is 0.00748. The summed E-state index contributed by atoms with van der Waals surface area (Å²) in [5, 5.41) is 13.3. The number of ether oxygens (including phenoxy) is 1. The predicted octanol–water partition coefficient (Wildman–Crippen LogP) is 3.69. The minimum atomic E-state index is -0.274. The Bertz CT molecular complexity index is 399. The molecule has 0 saturated heterocycles. The highest BCUT2D eigenvalue weighted by molar-refractivity contribution is 9.10. The van der Waals surface area contributed by atoms with Crippen molar-refractivity contribution in [1.82, 2.24) is 0 Å². The molecule has 0 spiro atoms. The third-order valence-corrected chi connectivity index (χ3v) is 4.02. The summed E-state index contributed by atoms with van der Waals surface area (Å²) in [5.41, 5.74) is 0.640. The molecule has 18 heavy (non-hydrogen) atoms. The van der Waals surface area contributed by atoms with Crippen LogP contribution in [-0.2, 0) is 4.74 Å². The molecule has 0 aliphatic rings. The van der Waals surface area contributed by atoms with Crippen molar-refractivity contribution >= 4 is 33.2 Å². The summed E-state index contributed by atoms with van der Waals surface area (Å²) in [4.78, 5) is 0. The predicted molar refractivity (Wildman–Crippen MR) is 79.4 cm³/mol. The van der Waals surface area contributed by atoms with Crippen LogP contribution in [0, 0.1) is 0 Å². The van der Waals surface area contributed by atoms with E-state index in [4.69, 9.17) is 16.3 Å². The number of hydrogen-bond donors (Lipinski definition) is 2. The van der Waals surface area contributed by atoms with Gasteiger partial charge in [0.05, 0.1) is 23.3 Å².